The van der Waals surface area contributed by atoms with Gasteiger partial charge in [-0.1, -0.05) is 35.9 Å². The van der Waals surface area contributed by atoms with Gasteiger partial charge in [0.25, 0.3) is 5.91 Å². The predicted molar refractivity (Wildman–Crippen MR) is 106 cm³/mol. The number of para-hydroxylation sites is 2. The third-order valence-corrected chi connectivity index (χ3v) is 5.52. The van der Waals surface area contributed by atoms with Crippen LogP contribution in [0.2, 0.25) is 5.02 Å². The number of carbonyl (C=O) groups is 1. The summed E-state index contributed by atoms with van der Waals surface area (Å²) in [4.78, 5) is 13.2. The fraction of sp³-hybridized carbons (Fsp3) is 0.105. The Kier molecular flexibility index (Phi) is 6.39. The molecule has 2 aromatic carbocycles. The summed E-state index contributed by atoms with van der Waals surface area (Å²) in [7, 11) is 0. The van der Waals surface area contributed by atoms with Gasteiger partial charge in [0.05, 0.1) is 10.7 Å². The van der Waals surface area contributed by atoms with Gasteiger partial charge in [0.1, 0.15) is 5.75 Å². The molecule has 3 nitrogen and oxygen atoms in total. The van der Waals surface area contributed by atoms with Crippen LogP contribution in [0.3, 0.4) is 0 Å². The van der Waals surface area contributed by atoms with Gasteiger partial charge in [-0.25, -0.2) is 0 Å². The Morgan fingerprint density at radius 2 is 1.92 bits per heavy atom. The van der Waals surface area contributed by atoms with Crippen molar-refractivity contribution < 1.29 is 9.53 Å². The van der Waals surface area contributed by atoms with E-state index < -0.39 is 0 Å². The molecular weight excluding hydrogens is 374 g/mol. The number of thioether (sulfide) groups is 1. The zero-order chi connectivity index (χ0) is 17.5. The standard InChI is InChI=1S/C19H16ClNO2S2/c20-15-5-1-3-7-17(15)23-11-19(22)21-16-6-2-4-8-18(16)25-13-14-9-10-24-12-14/h1-10,12H,11,13H2,(H,21,22). The Morgan fingerprint density at radius 1 is 1.12 bits per heavy atom. The molecule has 1 heterocycles. The summed E-state index contributed by atoms with van der Waals surface area (Å²) < 4.78 is 5.48. The highest BCUT2D eigenvalue weighted by Gasteiger charge is 2.09. The van der Waals surface area contributed by atoms with Crippen molar-refractivity contribution in [1.82, 2.24) is 0 Å². The predicted octanol–water partition coefficient (Wildman–Crippen LogP) is 5.71. The molecule has 6 heteroatoms. The molecular formula is C19H16ClNO2S2. The molecule has 0 spiro atoms. The zero-order valence-corrected chi connectivity index (χ0v) is 15.7. The first-order valence-corrected chi connectivity index (χ1v) is 9.93. The lowest BCUT2D eigenvalue weighted by Crippen LogP contribution is -2.20. The van der Waals surface area contributed by atoms with E-state index >= 15 is 0 Å². The monoisotopic (exact) mass is 389 g/mol. The fourth-order valence-corrected chi connectivity index (χ4v) is 4.04. The summed E-state index contributed by atoms with van der Waals surface area (Å²) in [6, 6.07) is 17.0. The molecule has 0 aliphatic heterocycles. The maximum atomic E-state index is 12.2. The average Bonchev–Trinajstić information content (AvgIpc) is 3.14. The lowest BCUT2D eigenvalue weighted by atomic mass is 10.3. The van der Waals surface area contributed by atoms with Gasteiger partial charge < -0.3 is 10.1 Å². The minimum absolute atomic E-state index is 0.0900. The van der Waals surface area contributed by atoms with Crippen LogP contribution in [0.15, 0.2) is 70.3 Å². The maximum absolute atomic E-state index is 12.2. The fourth-order valence-electron chi connectivity index (χ4n) is 2.12. The van der Waals surface area contributed by atoms with E-state index in [1.165, 1.54) is 5.56 Å². The van der Waals surface area contributed by atoms with Crippen molar-refractivity contribution in [2.45, 2.75) is 10.6 Å². The van der Waals surface area contributed by atoms with Crippen molar-refractivity contribution in [1.29, 1.82) is 0 Å². The Balaban J connectivity index is 1.58. The number of nitrogens with one attached hydrogen (secondary N) is 1. The minimum Gasteiger partial charge on any atom is -0.482 e. The summed E-state index contributed by atoms with van der Waals surface area (Å²) >= 11 is 9.40. The lowest BCUT2D eigenvalue weighted by molar-refractivity contribution is -0.118. The molecule has 0 aliphatic rings. The van der Waals surface area contributed by atoms with Gasteiger partial charge in [0, 0.05) is 10.6 Å². The van der Waals surface area contributed by atoms with Crippen molar-refractivity contribution >= 4 is 46.3 Å². The number of benzene rings is 2. The van der Waals surface area contributed by atoms with Crippen LogP contribution in [0.1, 0.15) is 5.56 Å². The molecule has 25 heavy (non-hydrogen) atoms. The molecule has 3 rings (SSSR count). The first-order valence-electron chi connectivity index (χ1n) is 7.62. The van der Waals surface area contributed by atoms with Crippen molar-refractivity contribution in [2.24, 2.45) is 0 Å². The highest BCUT2D eigenvalue weighted by Crippen LogP contribution is 2.30. The Hall–Kier alpha value is -1.95. The molecule has 0 atom stereocenters. The first kappa shape index (κ1) is 17.9. The second-order valence-electron chi connectivity index (χ2n) is 5.18. The highest BCUT2D eigenvalue weighted by molar-refractivity contribution is 7.98. The number of rotatable bonds is 7. The summed E-state index contributed by atoms with van der Waals surface area (Å²) in [5, 5.41) is 7.59. The van der Waals surface area contributed by atoms with Crippen molar-refractivity contribution in [2.75, 3.05) is 11.9 Å². The Labute approximate surface area is 160 Å². The number of anilines is 1. The highest BCUT2D eigenvalue weighted by atomic mass is 35.5. The summed E-state index contributed by atoms with van der Waals surface area (Å²) in [6.45, 7) is -0.0900. The number of halogens is 1. The molecule has 0 fully saturated rings. The van der Waals surface area contributed by atoms with Crippen molar-refractivity contribution in [3.63, 3.8) is 0 Å². The van der Waals surface area contributed by atoms with E-state index in [4.69, 9.17) is 16.3 Å². The van der Waals surface area contributed by atoms with Gasteiger partial charge in [-0.05, 0) is 46.7 Å². The molecule has 1 aromatic heterocycles. The number of hydrogen-bond acceptors (Lipinski definition) is 4. The number of carbonyl (C=O) groups excluding carboxylic acids is 1. The molecule has 128 valence electrons. The van der Waals surface area contributed by atoms with Crippen LogP contribution in [0, 0.1) is 0 Å². The zero-order valence-electron chi connectivity index (χ0n) is 13.3. The SMILES string of the molecule is O=C(COc1ccccc1Cl)Nc1ccccc1SCc1ccsc1. The van der Waals surface area contributed by atoms with Gasteiger partial charge in [-0.3, -0.25) is 4.79 Å². The quantitative estimate of drug-likeness (QED) is 0.526. The third-order valence-electron chi connectivity index (χ3n) is 3.33. The van der Waals surface area contributed by atoms with Crippen LogP contribution >= 0.6 is 34.7 Å². The van der Waals surface area contributed by atoms with E-state index in [-0.39, 0.29) is 12.5 Å². The summed E-state index contributed by atoms with van der Waals surface area (Å²) in [5.41, 5.74) is 2.06. The number of thiophene rings is 1. The van der Waals surface area contributed by atoms with E-state index in [2.05, 4.69) is 22.1 Å². The van der Waals surface area contributed by atoms with Crippen LogP contribution in [0.4, 0.5) is 5.69 Å². The second kappa shape index (κ2) is 8.94. The lowest BCUT2D eigenvalue weighted by Gasteiger charge is -2.11. The van der Waals surface area contributed by atoms with E-state index in [0.29, 0.717) is 10.8 Å². The maximum Gasteiger partial charge on any atom is 0.262 e. The number of hydrogen-bond donors (Lipinski definition) is 1. The molecule has 0 bridgehead atoms. The number of amides is 1. The van der Waals surface area contributed by atoms with Crippen LogP contribution < -0.4 is 10.1 Å². The van der Waals surface area contributed by atoms with Gasteiger partial charge in [0.2, 0.25) is 0 Å². The number of ether oxygens (including phenoxy) is 1. The molecule has 1 amide bonds. The normalized spacial score (nSPS) is 10.4. The van der Waals surface area contributed by atoms with Gasteiger partial charge in [-0.2, -0.15) is 11.3 Å². The van der Waals surface area contributed by atoms with Crippen LogP contribution in [-0.2, 0) is 10.5 Å². The molecule has 0 saturated heterocycles. The summed E-state index contributed by atoms with van der Waals surface area (Å²) in [6.07, 6.45) is 0. The largest absolute Gasteiger partial charge is 0.482 e. The first-order chi connectivity index (χ1) is 12.2. The van der Waals surface area contributed by atoms with Gasteiger partial charge in [0.15, 0.2) is 6.61 Å². The smallest absolute Gasteiger partial charge is 0.262 e. The van der Waals surface area contributed by atoms with E-state index in [1.54, 1.807) is 35.2 Å². The van der Waals surface area contributed by atoms with Crippen molar-refractivity contribution in [3.05, 3.63) is 75.9 Å². The van der Waals surface area contributed by atoms with E-state index in [0.717, 1.165) is 16.3 Å². The average molecular weight is 390 g/mol. The van der Waals surface area contributed by atoms with Gasteiger partial charge in [-0.15, -0.1) is 11.8 Å². The molecule has 3 aromatic rings. The molecule has 0 saturated carbocycles. The minimum atomic E-state index is -0.219. The Morgan fingerprint density at radius 3 is 2.72 bits per heavy atom. The topological polar surface area (TPSA) is 38.3 Å². The van der Waals surface area contributed by atoms with Crippen LogP contribution in [-0.4, -0.2) is 12.5 Å². The molecule has 0 aliphatic carbocycles. The second-order valence-corrected chi connectivity index (χ2v) is 7.39. The van der Waals surface area contributed by atoms with Crippen LogP contribution in [0.5, 0.6) is 5.75 Å². The summed E-state index contributed by atoms with van der Waals surface area (Å²) in [5.74, 6) is 1.15. The van der Waals surface area contributed by atoms with Crippen LogP contribution in [0.25, 0.3) is 0 Å². The molecule has 1 N–H and O–H groups in total. The molecule has 0 radical (unpaired) electrons. The van der Waals surface area contributed by atoms with E-state index in [9.17, 15) is 4.79 Å². The van der Waals surface area contributed by atoms with Gasteiger partial charge >= 0.3 is 0 Å². The third kappa shape index (κ3) is 5.26. The molecule has 0 unspecified atom stereocenters. The Bertz CT molecular complexity index is 837. The van der Waals surface area contributed by atoms with Crippen molar-refractivity contribution in [3.8, 4) is 5.75 Å². The van der Waals surface area contributed by atoms with E-state index in [1.807, 2.05) is 36.4 Å².